The molecule has 0 saturated carbocycles. The van der Waals surface area contributed by atoms with Crippen LogP contribution in [0.3, 0.4) is 0 Å². The van der Waals surface area contributed by atoms with Crippen molar-refractivity contribution in [1.82, 2.24) is 4.57 Å². The first kappa shape index (κ1) is 16.8. The highest BCUT2D eigenvalue weighted by Crippen LogP contribution is 2.29. The largest absolute Gasteiger partial charge is 0.340 e. The molecule has 1 aromatic heterocycles. The molecular weight excluding hydrogens is 297 g/mol. The predicted molar refractivity (Wildman–Crippen MR) is 101 cm³/mol. The Morgan fingerprint density at radius 1 is 0.833 bits per heavy atom. The predicted octanol–water partition coefficient (Wildman–Crippen LogP) is 6.81. The van der Waals surface area contributed by atoms with Crippen LogP contribution in [0.1, 0.15) is 45.4 Å². The van der Waals surface area contributed by atoms with Crippen molar-refractivity contribution in [2.24, 2.45) is 0 Å². The topological polar surface area (TPSA) is 4.93 Å². The van der Waals surface area contributed by atoms with Gasteiger partial charge in [-0.15, -0.1) is 0 Å². The Hall–Kier alpha value is -2.09. The lowest BCUT2D eigenvalue weighted by atomic mass is 10.1. The van der Waals surface area contributed by atoms with Gasteiger partial charge in [-0.1, -0.05) is 57.2 Å². The maximum absolute atomic E-state index is 13.3. The monoisotopic (exact) mass is 323 g/mol. The maximum atomic E-state index is 13.3. The van der Waals surface area contributed by atoms with Crippen molar-refractivity contribution >= 4 is 10.9 Å². The lowest BCUT2D eigenvalue weighted by Crippen LogP contribution is -2.00. The summed E-state index contributed by atoms with van der Waals surface area (Å²) >= 11 is 0. The van der Waals surface area contributed by atoms with E-state index in [1.807, 2.05) is 12.1 Å². The molecule has 126 valence electrons. The number of para-hydroxylation sites is 1. The molecule has 1 heterocycles. The summed E-state index contributed by atoms with van der Waals surface area (Å²) in [5.41, 5.74) is 3.54. The van der Waals surface area contributed by atoms with Gasteiger partial charge < -0.3 is 4.57 Å². The Bertz CT molecular complexity index is 770. The van der Waals surface area contributed by atoms with Gasteiger partial charge in [0.05, 0.1) is 0 Å². The van der Waals surface area contributed by atoms with Gasteiger partial charge in [0.25, 0.3) is 0 Å². The van der Waals surface area contributed by atoms with Crippen LogP contribution >= 0.6 is 0 Å². The molecule has 0 bridgehead atoms. The highest BCUT2D eigenvalue weighted by Gasteiger charge is 2.10. The lowest BCUT2D eigenvalue weighted by Gasteiger charge is -2.11. The summed E-state index contributed by atoms with van der Waals surface area (Å²) in [5, 5.41) is 1.25. The van der Waals surface area contributed by atoms with Gasteiger partial charge in [-0.3, -0.25) is 0 Å². The SMILES string of the molecule is CCCCCCCCn1c(-c2ccc(F)cc2)cc2ccccc21. The Labute approximate surface area is 144 Å². The molecule has 3 rings (SSSR count). The second-order valence-electron chi connectivity index (χ2n) is 6.51. The molecule has 0 amide bonds. The van der Waals surface area contributed by atoms with Crippen LogP contribution in [0, 0.1) is 5.82 Å². The Balaban J connectivity index is 1.81. The first-order valence-electron chi connectivity index (χ1n) is 9.14. The fourth-order valence-corrected chi connectivity index (χ4v) is 3.36. The minimum Gasteiger partial charge on any atom is -0.340 e. The number of fused-ring (bicyclic) bond motifs is 1. The van der Waals surface area contributed by atoms with E-state index in [9.17, 15) is 4.39 Å². The second-order valence-corrected chi connectivity index (χ2v) is 6.51. The molecular formula is C22H26FN. The van der Waals surface area contributed by atoms with Crippen LogP contribution in [0.4, 0.5) is 4.39 Å². The molecule has 0 aliphatic rings. The van der Waals surface area contributed by atoms with E-state index in [0.717, 1.165) is 12.1 Å². The molecule has 0 saturated heterocycles. The molecule has 0 fully saturated rings. The quantitative estimate of drug-likeness (QED) is 0.401. The number of halogens is 1. The minimum absolute atomic E-state index is 0.183. The number of aryl methyl sites for hydroxylation is 1. The van der Waals surface area contributed by atoms with Crippen LogP contribution in [0.15, 0.2) is 54.6 Å². The number of nitrogens with zero attached hydrogens (tertiary/aromatic N) is 1. The van der Waals surface area contributed by atoms with E-state index in [1.54, 1.807) is 12.1 Å². The molecule has 0 atom stereocenters. The molecule has 0 aliphatic carbocycles. The van der Waals surface area contributed by atoms with Crippen LogP contribution < -0.4 is 0 Å². The zero-order chi connectivity index (χ0) is 16.8. The van der Waals surface area contributed by atoms with Gasteiger partial charge in [-0.25, -0.2) is 4.39 Å². The van der Waals surface area contributed by atoms with Gasteiger partial charge in [0.2, 0.25) is 0 Å². The molecule has 0 radical (unpaired) electrons. The van der Waals surface area contributed by atoms with Gasteiger partial charge in [-0.05, 0) is 48.4 Å². The lowest BCUT2D eigenvalue weighted by molar-refractivity contribution is 0.567. The van der Waals surface area contributed by atoms with E-state index in [0.29, 0.717) is 0 Å². The van der Waals surface area contributed by atoms with Gasteiger partial charge >= 0.3 is 0 Å². The number of hydrogen-bond acceptors (Lipinski definition) is 0. The van der Waals surface area contributed by atoms with E-state index < -0.39 is 0 Å². The van der Waals surface area contributed by atoms with Gasteiger partial charge in [0, 0.05) is 23.1 Å². The summed E-state index contributed by atoms with van der Waals surface area (Å²) in [6, 6.07) is 17.6. The van der Waals surface area contributed by atoms with E-state index in [1.165, 1.54) is 55.1 Å². The Kier molecular flexibility index (Phi) is 5.68. The maximum Gasteiger partial charge on any atom is 0.123 e. The summed E-state index contributed by atoms with van der Waals surface area (Å²) in [7, 11) is 0. The Morgan fingerprint density at radius 2 is 1.54 bits per heavy atom. The van der Waals surface area contributed by atoms with E-state index in [2.05, 4.69) is 41.8 Å². The summed E-state index contributed by atoms with van der Waals surface area (Å²) in [6.07, 6.45) is 7.75. The zero-order valence-corrected chi connectivity index (χ0v) is 14.5. The highest BCUT2D eigenvalue weighted by atomic mass is 19.1. The molecule has 1 nitrogen and oxygen atoms in total. The third-order valence-corrected chi connectivity index (χ3v) is 4.69. The molecule has 0 unspecified atom stereocenters. The summed E-state index contributed by atoms with van der Waals surface area (Å²) in [5.74, 6) is -0.183. The number of hydrogen-bond donors (Lipinski definition) is 0. The second kappa shape index (κ2) is 8.14. The van der Waals surface area contributed by atoms with Crippen molar-refractivity contribution in [3.05, 3.63) is 60.4 Å². The molecule has 2 heteroatoms. The van der Waals surface area contributed by atoms with E-state index in [-0.39, 0.29) is 5.82 Å². The number of rotatable bonds is 8. The standard InChI is InChI=1S/C22H26FN/c1-2-3-4-5-6-9-16-24-21-11-8-7-10-19(21)17-22(24)18-12-14-20(23)15-13-18/h7-8,10-15,17H,2-6,9,16H2,1H3. The molecule has 0 spiro atoms. The number of benzene rings is 2. The number of unbranched alkanes of at least 4 members (excludes halogenated alkanes) is 5. The van der Waals surface area contributed by atoms with Crippen LogP contribution in [0.2, 0.25) is 0 Å². The van der Waals surface area contributed by atoms with Crippen molar-refractivity contribution in [1.29, 1.82) is 0 Å². The van der Waals surface area contributed by atoms with Crippen LogP contribution in [-0.2, 0) is 6.54 Å². The van der Waals surface area contributed by atoms with Gasteiger partial charge in [-0.2, -0.15) is 0 Å². The van der Waals surface area contributed by atoms with Crippen molar-refractivity contribution in [2.75, 3.05) is 0 Å². The van der Waals surface area contributed by atoms with E-state index >= 15 is 0 Å². The third kappa shape index (κ3) is 3.87. The van der Waals surface area contributed by atoms with Gasteiger partial charge in [0.15, 0.2) is 0 Å². The minimum atomic E-state index is -0.183. The van der Waals surface area contributed by atoms with Crippen molar-refractivity contribution in [3.63, 3.8) is 0 Å². The van der Waals surface area contributed by atoms with Crippen molar-refractivity contribution < 1.29 is 4.39 Å². The first-order valence-corrected chi connectivity index (χ1v) is 9.14. The fraction of sp³-hybridized carbons (Fsp3) is 0.364. The van der Waals surface area contributed by atoms with Crippen molar-refractivity contribution in [3.8, 4) is 11.3 Å². The summed E-state index contributed by atoms with van der Waals surface area (Å²) in [6.45, 7) is 3.27. The van der Waals surface area contributed by atoms with Gasteiger partial charge in [0.1, 0.15) is 5.82 Å². The first-order chi connectivity index (χ1) is 11.8. The van der Waals surface area contributed by atoms with Crippen LogP contribution in [0.5, 0.6) is 0 Å². The zero-order valence-electron chi connectivity index (χ0n) is 14.5. The average molecular weight is 323 g/mol. The fourth-order valence-electron chi connectivity index (χ4n) is 3.36. The highest BCUT2D eigenvalue weighted by molar-refractivity contribution is 5.87. The van der Waals surface area contributed by atoms with E-state index in [4.69, 9.17) is 0 Å². The molecule has 0 N–H and O–H groups in total. The molecule has 0 aliphatic heterocycles. The Morgan fingerprint density at radius 3 is 2.33 bits per heavy atom. The smallest absolute Gasteiger partial charge is 0.123 e. The molecule has 24 heavy (non-hydrogen) atoms. The third-order valence-electron chi connectivity index (χ3n) is 4.69. The summed E-state index contributed by atoms with van der Waals surface area (Å²) < 4.78 is 15.6. The normalized spacial score (nSPS) is 11.2. The van der Waals surface area contributed by atoms with Crippen molar-refractivity contribution in [2.45, 2.75) is 52.0 Å². The summed E-state index contributed by atoms with van der Waals surface area (Å²) in [4.78, 5) is 0. The average Bonchev–Trinajstić information content (AvgIpc) is 2.97. The van der Waals surface area contributed by atoms with Crippen LogP contribution in [0.25, 0.3) is 22.2 Å². The molecule has 3 aromatic rings. The molecule has 2 aromatic carbocycles. The van der Waals surface area contributed by atoms with Crippen LogP contribution in [-0.4, -0.2) is 4.57 Å². The number of aromatic nitrogens is 1.